The van der Waals surface area contributed by atoms with Crippen molar-refractivity contribution < 1.29 is 8.42 Å². The molecule has 0 spiro atoms. The van der Waals surface area contributed by atoms with Gasteiger partial charge in [-0.2, -0.15) is 0 Å². The van der Waals surface area contributed by atoms with Gasteiger partial charge in [-0.1, -0.05) is 6.07 Å². The molecule has 1 aliphatic heterocycles. The largest absolute Gasteiger partial charge is 0.317 e. The lowest BCUT2D eigenvalue weighted by molar-refractivity contribution is 0.372. The Bertz CT molecular complexity index is 592. The lowest BCUT2D eigenvalue weighted by Gasteiger charge is -2.23. The molecule has 1 fully saturated rings. The first-order valence-corrected chi connectivity index (χ1v) is 9.46. The van der Waals surface area contributed by atoms with E-state index in [1.54, 1.807) is 6.07 Å². The van der Waals surface area contributed by atoms with Crippen molar-refractivity contribution in [1.82, 2.24) is 10.0 Å². The second-order valence-corrected chi connectivity index (χ2v) is 7.95. The van der Waals surface area contributed by atoms with Crippen LogP contribution in [0.25, 0.3) is 0 Å². The molecule has 0 saturated carbocycles. The van der Waals surface area contributed by atoms with Crippen molar-refractivity contribution in [1.29, 1.82) is 0 Å². The fourth-order valence-electron chi connectivity index (χ4n) is 3.27. The second kappa shape index (κ2) is 6.46. The van der Waals surface area contributed by atoms with Crippen LogP contribution in [0, 0.1) is 5.92 Å². The number of benzene rings is 1. The summed E-state index contributed by atoms with van der Waals surface area (Å²) in [5.74, 6) is 0.457. The number of fused-ring (bicyclic) bond motifs is 1. The van der Waals surface area contributed by atoms with Crippen molar-refractivity contribution in [2.24, 2.45) is 5.92 Å². The zero-order valence-corrected chi connectivity index (χ0v) is 13.2. The number of rotatable bonds is 4. The van der Waals surface area contributed by atoms with Crippen molar-refractivity contribution in [2.45, 2.75) is 43.4 Å². The van der Waals surface area contributed by atoms with Gasteiger partial charge in [-0.05, 0) is 80.8 Å². The number of nitrogens with one attached hydrogen (secondary N) is 2. The highest BCUT2D eigenvalue weighted by atomic mass is 32.2. The Morgan fingerprint density at radius 1 is 1.10 bits per heavy atom. The second-order valence-electron chi connectivity index (χ2n) is 6.18. The molecule has 2 aliphatic rings. The monoisotopic (exact) mass is 308 g/mol. The molecule has 1 aromatic rings. The summed E-state index contributed by atoms with van der Waals surface area (Å²) in [7, 11) is -3.36. The van der Waals surface area contributed by atoms with Crippen LogP contribution in [-0.2, 0) is 22.9 Å². The molecule has 1 aliphatic carbocycles. The highest BCUT2D eigenvalue weighted by molar-refractivity contribution is 7.89. The molecule has 2 N–H and O–H groups in total. The molecular weight excluding hydrogens is 284 g/mol. The summed E-state index contributed by atoms with van der Waals surface area (Å²) in [4.78, 5) is 0.428. The Balaban J connectivity index is 1.69. The van der Waals surface area contributed by atoms with Crippen LogP contribution in [0.1, 0.15) is 36.8 Å². The number of hydrogen-bond donors (Lipinski definition) is 2. The Labute approximate surface area is 127 Å². The smallest absolute Gasteiger partial charge is 0.240 e. The van der Waals surface area contributed by atoms with E-state index >= 15 is 0 Å². The maximum atomic E-state index is 12.4. The normalized spacial score (nSPS) is 20.2. The van der Waals surface area contributed by atoms with E-state index in [1.165, 1.54) is 24.0 Å². The molecule has 3 rings (SSSR count). The van der Waals surface area contributed by atoms with Gasteiger partial charge >= 0.3 is 0 Å². The molecule has 1 heterocycles. The minimum Gasteiger partial charge on any atom is -0.317 e. The van der Waals surface area contributed by atoms with Crippen LogP contribution in [0.15, 0.2) is 23.1 Å². The zero-order chi connectivity index (χ0) is 14.7. The Kier molecular flexibility index (Phi) is 4.62. The van der Waals surface area contributed by atoms with Gasteiger partial charge in [0.2, 0.25) is 10.0 Å². The highest BCUT2D eigenvalue weighted by Gasteiger charge is 2.20. The van der Waals surface area contributed by atoms with Crippen molar-refractivity contribution in [3.8, 4) is 0 Å². The molecule has 1 aromatic carbocycles. The van der Waals surface area contributed by atoms with E-state index in [4.69, 9.17) is 0 Å². The summed E-state index contributed by atoms with van der Waals surface area (Å²) in [6.07, 6.45) is 6.57. The van der Waals surface area contributed by atoms with E-state index < -0.39 is 10.0 Å². The van der Waals surface area contributed by atoms with Gasteiger partial charge in [-0.25, -0.2) is 13.1 Å². The maximum Gasteiger partial charge on any atom is 0.240 e. The van der Waals surface area contributed by atoms with Crippen molar-refractivity contribution in [2.75, 3.05) is 19.6 Å². The van der Waals surface area contributed by atoms with Gasteiger partial charge in [-0.15, -0.1) is 0 Å². The predicted molar refractivity (Wildman–Crippen MR) is 83.9 cm³/mol. The minimum absolute atomic E-state index is 0.428. The number of piperidine rings is 1. The molecule has 21 heavy (non-hydrogen) atoms. The summed E-state index contributed by atoms with van der Waals surface area (Å²) in [6.45, 7) is 2.54. The summed E-state index contributed by atoms with van der Waals surface area (Å²) in [5.41, 5.74) is 2.53. The Hall–Kier alpha value is -0.910. The van der Waals surface area contributed by atoms with Crippen molar-refractivity contribution >= 4 is 10.0 Å². The third-order valence-corrected chi connectivity index (χ3v) is 6.07. The van der Waals surface area contributed by atoms with E-state index in [-0.39, 0.29) is 0 Å². The predicted octanol–water partition coefficient (Wildman–Crippen LogP) is 1.84. The van der Waals surface area contributed by atoms with Gasteiger partial charge in [0.25, 0.3) is 0 Å². The fraction of sp³-hybridized carbons (Fsp3) is 0.625. The Morgan fingerprint density at radius 2 is 1.81 bits per heavy atom. The van der Waals surface area contributed by atoms with Crippen LogP contribution in [0.4, 0.5) is 0 Å². The van der Waals surface area contributed by atoms with Crippen LogP contribution < -0.4 is 10.0 Å². The molecule has 4 nitrogen and oxygen atoms in total. The van der Waals surface area contributed by atoms with Gasteiger partial charge in [0, 0.05) is 6.54 Å². The van der Waals surface area contributed by atoms with E-state index in [0.717, 1.165) is 38.8 Å². The summed E-state index contributed by atoms with van der Waals surface area (Å²) < 4.78 is 27.7. The van der Waals surface area contributed by atoms with Crippen LogP contribution in [0.3, 0.4) is 0 Å². The first-order valence-electron chi connectivity index (χ1n) is 7.97. The van der Waals surface area contributed by atoms with E-state index in [1.807, 2.05) is 12.1 Å². The Morgan fingerprint density at radius 3 is 2.57 bits per heavy atom. The number of sulfonamides is 1. The first kappa shape index (κ1) is 15.0. The van der Waals surface area contributed by atoms with E-state index in [9.17, 15) is 8.42 Å². The van der Waals surface area contributed by atoms with Gasteiger partial charge < -0.3 is 5.32 Å². The molecule has 0 radical (unpaired) electrons. The highest BCUT2D eigenvalue weighted by Crippen LogP contribution is 2.24. The van der Waals surface area contributed by atoms with E-state index in [2.05, 4.69) is 10.0 Å². The SMILES string of the molecule is O=S(=O)(NCC1CCNCC1)c1ccc2c(c1)CCCC2. The summed E-state index contributed by atoms with van der Waals surface area (Å²) in [6, 6.07) is 5.63. The lowest BCUT2D eigenvalue weighted by Crippen LogP contribution is -2.36. The minimum atomic E-state index is -3.36. The standard InChI is InChI=1S/C16H24N2O2S/c19-21(20,18-12-13-7-9-17-10-8-13)16-6-5-14-3-1-2-4-15(14)11-16/h5-6,11,13,17-18H,1-4,7-10,12H2. The molecule has 1 saturated heterocycles. The number of hydrogen-bond acceptors (Lipinski definition) is 3. The molecule has 0 amide bonds. The molecule has 0 atom stereocenters. The first-order chi connectivity index (χ1) is 10.1. The van der Waals surface area contributed by atoms with Gasteiger partial charge in [0.1, 0.15) is 0 Å². The molecule has 5 heteroatoms. The van der Waals surface area contributed by atoms with Gasteiger partial charge in [0.15, 0.2) is 0 Å². The van der Waals surface area contributed by atoms with Crippen LogP contribution in [0.5, 0.6) is 0 Å². The van der Waals surface area contributed by atoms with E-state index in [0.29, 0.717) is 17.4 Å². The third-order valence-electron chi connectivity index (χ3n) is 4.65. The molecule has 116 valence electrons. The fourth-order valence-corrected chi connectivity index (χ4v) is 4.44. The van der Waals surface area contributed by atoms with Crippen molar-refractivity contribution in [3.63, 3.8) is 0 Å². The number of aryl methyl sites for hydroxylation is 2. The van der Waals surface area contributed by atoms with Crippen LogP contribution in [-0.4, -0.2) is 28.1 Å². The molecular formula is C16H24N2O2S. The quantitative estimate of drug-likeness (QED) is 0.892. The summed E-state index contributed by atoms with van der Waals surface area (Å²) >= 11 is 0. The lowest BCUT2D eigenvalue weighted by atomic mass is 9.92. The third kappa shape index (κ3) is 3.65. The van der Waals surface area contributed by atoms with Crippen LogP contribution >= 0.6 is 0 Å². The zero-order valence-electron chi connectivity index (χ0n) is 12.4. The average molecular weight is 308 g/mol. The average Bonchev–Trinajstić information content (AvgIpc) is 2.53. The van der Waals surface area contributed by atoms with Crippen molar-refractivity contribution in [3.05, 3.63) is 29.3 Å². The topological polar surface area (TPSA) is 58.2 Å². The molecule has 0 bridgehead atoms. The molecule has 0 aromatic heterocycles. The van der Waals surface area contributed by atoms with Gasteiger partial charge in [0.05, 0.1) is 4.90 Å². The molecule has 0 unspecified atom stereocenters. The van der Waals surface area contributed by atoms with Crippen LogP contribution in [0.2, 0.25) is 0 Å². The summed E-state index contributed by atoms with van der Waals surface area (Å²) in [5, 5.41) is 3.30. The maximum absolute atomic E-state index is 12.4. The van der Waals surface area contributed by atoms with Gasteiger partial charge in [-0.3, -0.25) is 0 Å².